The lowest BCUT2D eigenvalue weighted by Crippen LogP contribution is -1.99. The zero-order valence-corrected chi connectivity index (χ0v) is 11.9. The lowest BCUT2D eigenvalue weighted by atomic mass is 10.2. The predicted molar refractivity (Wildman–Crippen MR) is 86.3 cm³/mol. The third-order valence-electron chi connectivity index (χ3n) is 3.47. The van der Waals surface area contributed by atoms with Crippen molar-refractivity contribution in [2.75, 3.05) is 12.8 Å². The van der Waals surface area contributed by atoms with Crippen molar-refractivity contribution in [1.29, 1.82) is 0 Å². The molecule has 4 nitrogen and oxygen atoms in total. The molecule has 0 atom stereocenters. The maximum Gasteiger partial charge on any atom is 0.145 e. The SMILES string of the molecule is C=CCn1c(-c2ccccc2OC)nc2c(N)cccc21. The van der Waals surface area contributed by atoms with Crippen LogP contribution < -0.4 is 10.5 Å². The summed E-state index contributed by atoms with van der Waals surface area (Å²) in [6.07, 6.45) is 1.85. The molecule has 0 aliphatic carbocycles. The van der Waals surface area contributed by atoms with Gasteiger partial charge in [-0.15, -0.1) is 6.58 Å². The number of ether oxygens (including phenoxy) is 1. The van der Waals surface area contributed by atoms with Crippen molar-refractivity contribution in [3.63, 3.8) is 0 Å². The predicted octanol–water partition coefficient (Wildman–Crippen LogP) is 3.48. The molecule has 0 unspecified atom stereocenters. The molecule has 3 rings (SSSR count). The number of benzene rings is 2. The van der Waals surface area contributed by atoms with Crippen LogP contribution in [0.4, 0.5) is 5.69 Å². The van der Waals surface area contributed by atoms with Crippen LogP contribution in [0.15, 0.2) is 55.1 Å². The van der Waals surface area contributed by atoms with Crippen LogP contribution in [0.5, 0.6) is 5.75 Å². The van der Waals surface area contributed by atoms with Gasteiger partial charge < -0.3 is 15.0 Å². The number of hydrogen-bond donors (Lipinski definition) is 1. The fourth-order valence-electron chi connectivity index (χ4n) is 2.52. The van der Waals surface area contributed by atoms with Gasteiger partial charge in [-0.3, -0.25) is 0 Å². The van der Waals surface area contributed by atoms with Gasteiger partial charge in [0.1, 0.15) is 17.1 Å². The highest BCUT2D eigenvalue weighted by Crippen LogP contribution is 2.33. The lowest BCUT2D eigenvalue weighted by Gasteiger charge is -2.10. The Kier molecular flexibility index (Phi) is 3.36. The summed E-state index contributed by atoms with van der Waals surface area (Å²) < 4.78 is 7.54. The van der Waals surface area contributed by atoms with E-state index in [9.17, 15) is 0 Å². The molecule has 0 aliphatic rings. The molecule has 4 heteroatoms. The van der Waals surface area contributed by atoms with Gasteiger partial charge >= 0.3 is 0 Å². The number of aromatic nitrogens is 2. The topological polar surface area (TPSA) is 53.1 Å². The Morgan fingerprint density at radius 2 is 2.05 bits per heavy atom. The molecule has 0 spiro atoms. The zero-order valence-electron chi connectivity index (χ0n) is 11.9. The molecule has 0 saturated carbocycles. The number of rotatable bonds is 4. The molecular formula is C17H17N3O. The van der Waals surface area contributed by atoms with E-state index in [0.29, 0.717) is 12.2 Å². The number of para-hydroxylation sites is 2. The van der Waals surface area contributed by atoms with Crippen molar-refractivity contribution < 1.29 is 4.74 Å². The Balaban J connectivity index is 2.33. The molecule has 0 amide bonds. The number of allylic oxidation sites excluding steroid dienone is 1. The minimum atomic E-state index is 0.660. The molecule has 3 aromatic rings. The van der Waals surface area contributed by atoms with Crippen molar-refractivity contribution >= 4 is 16.7 Å². The molecule has 2 N–H and O–H groups in total. The van der Waals surface area contributed by atoms with E-state index in [2.05, 4.69) is 11.1 Å². The average Bonchev–Trinajstić information content (AvgIpc) is 2.88. The fourth-order valence-corrected chi connectivity index (χ4v) is 2.52. The molecule has 106 valence electrons. The second kappa shape index (κ2) is 5.32. The molecule has 2 aromatic carbocycles. The number of anilines is 1. The standard InChI is InChI=1S/C17H17N3O/c1-3-11-20-14-9-6-8-13(18)16(14)19-17(20)12-7-4-5-10-15(12)21-2/h3-10H,1,11,18H2,2H3. The number of fused-ring (bicyclic) bond motifs is 1. The Bertz CT molecular complexity index is 805. The summed E-state index contributed by atoms with van der Waals surface area (Å²) >= 11 is 0. The van der Waals surface area contributed by atoms with Crippen LogP contribution in [-0.4, -0.2) is 16.7 Å². The van der Waals surface area contributed by atoms with Gasteiger partial charge in [0.2, 0.25) is 0 Å². The van der Waals surface area contributed by atoms with Crippen LogP contribution in [-0.2, 0) is 6.54 Å². The van der Waals surface area contributed by atoms with E-state index in [1.807, 2.05) is 48.5 Å². The number of methoxy groups -OCH3 is 1. The van der Waals surface area contributed by atoms with E-state index in [1.54, 1.807) is 7.11 Å². The summed E-state index contributed by atoms with van der Waals surface area (Å²) in [5.41, 5.74) is 9.47. The molecule has 1 aromatic heterocycles. The van der Waals surface area contributed by atoms with E-state index in [0.717, 1.165) is 28.2 Å². The molecule has 1 heterocycles. The summed E-state index contributed by atoms with van der Waals surface area (Å²) in [4.78, 5) is 4.72. The van der Waals surface area contributed by atoms with Gasteiger partial charge in [0.05, 0.1) is 23.9 Å². The fraction of sp³-hybridized carbons (Fsp3) is 0.118. The maximum absolute atomic E-state index is 6.05. The number of nitrogens with zero attached hydrogens (tertiary/aromatic N) is 2. The Labute approximate surface area is 123 Å². The molecular weight excluding hydrogens is 262 g/mol. The summed E-state index contributed by atoms with van der Waals surface area (Å²) in [7, 11) is 1.66. The zero-order chi connectivity index (χ0) is 14.8. The van der Waals surface area contributed by atoms with E-state index in [-0.39, 0.29) is 0 Å². The second-order valence-electron chi connectivity index (χ2n) is 4.75. The molecule has 0 bridgehead atoms. The minimum Gasteiger partial charge on any atom is -0.496 e. The number of hydrogen-bond acceptors (Lipinski definition) is 3. The van der Waals surface area contributed by atoms with Gasteiger partial charge in [-0.05, 0) is 24.3 Å². The molecule has 0 aliphatic heterocycles. The van der Waals surface area contributed by atoms with Crippen molar-refractivity contribution in [2.45, 2.75) is 6.54 Å². The van der Waals surface area contributed by atoms with Crippen LogP contribution in [0.3, 0.4) is 0 Å². The van der Waals surface area contributed by atoms with Crippen molar-refractivity contribution in [2.24, 2.45) is 0 Å². The van der Waals surface area contributed by atoms with Gasteiger partial charge in [0.25, 0.3) is 0 Å². The normalized spacial score (nSPS) is 10.7. The lowest BCUT2D eigenvalue weighted by molar-refractivity contribution is 0.416. The molecule has 0 radical (unpaired) electrons. The first kappa shape index (κ1) is 13.2. The third kappa shape index (κ3) is 2.14. The minimum absolute atomic E-state index is 0.660. The summed E-state index contributed by atoms with van der Waals surface area (Å²) in [6, 6.07) is 13.6. The van der Waals surface area contributed by atoms with Crippen molar-refractivity contribution in [3.8, 4) is 17.1 Å². The first-order valence-electron chi connectivity index (χ1n) is 6.75. The molecule has 0 saturated heterocycles. The van der Waals surface area contributed by atoms with Crippen LogP contribution in [0.2, 0.25) is 0 Å². The van der Waals surface area contributed by atoms with E-state index in [1.165, 1.54) is 0 Å². The maximum atomic E-state index is 6.05. The van der Waals surface area contributed by atoms with Gasteiger partial charge in [0.15, 0.2) is 0 Å². The summed E-state index contributed by atoms with van der Waals surface area (Å²) in [5, 5.41) is 0. The van der Waals surface area contributed by atoms with E-state index < -0.39 is 0 Å². The largest absolute Gasteiger partial charge is 0.496 e. The Hall–Kier alpha value is -2.75. The monoisotopic (exact) mass is 279 g/mol. The van der Waals surface area contributed by atoms with Crippen molar-refractivity contribution in [3.05, 3.63) is 55.1 Å². The van der Waals surface area contributed by atoms with Crippen molar-refractivity contribution in [1.82, 2.24) is 9.55 Å². The molecule has 21 heavy (non-hydrogen) atoms. The number of nitrogens with two attached hydrogens (primary N) is 1. The summed E-state index contributed by atoms with van der Waals surface area (Å²) in [5.74, 6) is 1.62. The quantitative estimate of drug-likeness (QED) is 0.587. The van der Waals surface area contributed by atoms with E-state index in [4.69, 9.17) is 15.5 Å². The highest BCUT2D eigenvalue weighted by atomic mass is 16.5. The van der Waals surface area contributed by atoms with Gasteiger partial charge in [-0.25, -0.2) is 4.98 Å². The van der Waals surface area contributed by atoms with Gasteiger partial charge in [-0.2, -0.15) is 0 Å². The smallest absolute Gasteiger partial charge is 0.145 e. The van der Waals surface area contributed by atoms with Gasteiger partial charge in [-0.1, -0.05) is 24.3 Å². The highest BCUT2D eigenvalue weighted by molar-refractivity contribution is 5.90. The summed E-state index contributed by atoms with van der Waals surface area (Å²) in [6.45, 7) is 4.49. The third-order valence-corrected chi connectivity index (χ3v) is 3.47. The first-order valence-corrected chi connectivity index (χ1v) is 6.75. The Morgan fingerprint density at radius 1 is 1.24 bits per heavy atom. The average molecular weight is 279 g/mol. The van der Waals surface area contributed by atoms with E-state index >= 15 is 0 Å². The highest BCUT2D eigenvalue weighted by Gasteiger charge is 2.16. The van der Waals surface area contributed by atoms with Crippen LogP contribution in [0.25, 0.3) is 22.4 Å². The van der Waals surface area contributed by atoms with Crippen LogP contribution >= 0.6 is 0 Å². The van der Waals surface area contributed by atoms with Crippen LogP contribution in [0.1, 0.15) is 0 Å². The first-order chi connectivity index (χ1) is 10.3. The van der Waals surface area contributed by atoms with Crippen LogP contribution in [0, 0.1) is 0 Å². The number of nitrogen functional groups attached to an aromatic ring is 1. The van der Waals surface area contributed by atoms with Gasteiger partial charge in [0, 0.05) is 6.54 Å². The molecule has 0 fully saturated rings. The second-order valence-corrected chi connectivity index (χ2v) is 4.75. The Morgan fingerprint density at radius 3 is 2.81 bits per heavy atom. The number of imidazole rings is 1.